The maximum absolute atomic E-state index is 13.4. The number of nitrogens with zero attached hydrogens (tertiary/aromatic N) is 1. The van der Waals surface area contributed by atoms with Gasteiger partial charge in [0.1, 0.15) is 23.7 Å². The molecule has 0 fully saturated rings. The maximum Gasteiger partial charge on any atom is 0.252 e. The van der Waals surface area contributed by atoms with Crippen LogP contribution in [0.2, 0.25) is 0 Å². The van der Waals surface area contributed by atoms with E-state index < -0.39 is 5.82 Å². The van der Waals surface area contributed by atoms with Crippen LogP contribution in [0, 0.1) is 18.6 Å². The number of anilines is 1. The Kier molecular flexibility index (Phi) is 12.1. The van der Waals surface area contributed by atoms with Gasteiger partial charge in [-0.1, -0.05) is 18.2 Å². The minimum absolute atomic E-state index is 0.132. The first kappa shape index (κ1) is 26.6. The number of pyridine rings is 2. The molecule has 1 aromatic carbocycles. The Labute approximate surface area is 185 Å². The maximum atomic E-state index is 13.4. The number of methoxy groups -OCH3 is 1. The number of aromatic amines is 1. The lowest BCUT2D eigenvalue weighted by atomic mass is 9.93. The molecule has 0 aliphatic heterocycles. The normalized spacial score (nSPS) is 10.7. The summed E-state index contributed by atoms with van der Waals surface area (Å²) in [5, 5.41) is 2.93. The summed E-state index contributed by atoms with van der Waals surface area (Å²) in [7, 11) is 3.30. The molecule has 7 nitrogen and oxygen atoms in total. The van der Waals surface area contributed by atoms with E-state index >= 15 is 0 Å². The minimum atomic E-state index is -0.483. The summed E-state index contributed by atoms with van der Waals surface area (Å²) in [5.41, 5.74) is 6.21. The van der Waals surface area contributed by atoms with Crippen LogP contribution >= 0.6 is 0 Å². The predicted molar refractivity (Wildman–Crippen MR) is 121 cm³/mol. The molecule has 0 amide bonds. The Hall–Kier alpha value is -3.43. The summed E-state index contributed by atoms with van der Waals surface area (Å²) >= 11 is 0. The van der Waals surface area contributed by atoms with Gasteiger partial charge in [0.2, 0.25) is 0 Å². The van der Waals surface area contributed by atoms with Gasteiger partial charge < -0.3 is 25.6 Å². The van der Waals surface area contributed by atoms with Crippen LogP contribution in [0.25, 0.3) is 0 Å². The summed E-state index contributed by atoms with van der Waals surface area (Å²) < 4.78 is 30.9. The third-order valence-corrected chi connectivity index (χ3v) is 4.22. The van der Waals surface area contributed by atoms with Crippen LogP contribution in [0.15, 0.2) is 59.7 Å². The molecule has 1 unspecified atom stereocenters. The van der Waals surface area contributed by atoms with E-state index in [0.29, 0.717) is 23.2 Å². The standard InChI is InChI=1S/C14H16FN3O2.C7H7F.C2H5NO/c1-16-13-5-9(3-4-17-13)12(8-20-2)11-6-10(15)7-18-14(11)19;1-6-4-2-3-5-7(6)8;3-1-2-4/h3-7,12H,8H2,1-2H3,(H,16,17)(H,18,19);2-5H,1H3;2H,1,3H2. The SMILES string of the molecule is CNc1cc(C(COC)c2cc(F)c[nH]c2=O)ccn1.Cc1ccccc1F.NCC=O. The number of aromatic nitrogens is 2. The van der Waals surface area contributed by atoms with Crippen molar-refractivity contribution in [1.29, 1.82) is 0 Å². The van der Waals surface area contributed by atoms with Gasteiger partial charge in [0.25, 0.3) is 5.56 Å². The van der Waals surface area contributed by atoms with E-state index in [9.17, 15) is 13.6 Å². The van der Waals surface area contributed by atoms with Crippen molar-refractivity contribution >= 4 is 12.1 Å². The molecule has 0 aliphatic rings. The van der Waals surface area contributed by atoms with E-state index in [1.807, 2.05) is 12.1 Å². The van der Waals surface area contributed by atoms with Crippen LogP contribution in [0.3, 0.4) is 0 Å². The number of H-pyrrole nitrogens is 1. The summed E-state index contributed by atoms with van der Waals surface area (Å²) in [6.07, 6.45) is 3.33. The summed E-state index contributed by atoms with van der Waals surface area (Å²) in [6.45, 7) is 2.16. The molecule has 0 bridgehead atoms. The van der Waals surface area contributed by atoms with Crippen LogP contribution in [0.4, 0.5) is 14.6 Å². The molecule has 3 rings (SSSR count). The molecule has 0 aliphatic carbocycles. The highest BCUT2D eigenvalue weighted by Gasteiger charge is 2.19. The van der Waals surface area contributed by atoms with E-state index in [0.717, 1.165) is 11.8 Å². The highest BCUT2D eigenvalue weighted by atomic mass is 19.1. The Morgan fingerprint density at radius 1 is 1.25 bits per heavy atom. The fraction of sp³-hybridized carbons (Fsp3) is 0.261. The molecule has 4 N–H and O–H groups in total. The number of nitrogens with two attached hydrogens (primary N) is 1. The van der Waals surface area contributed by atoms with Gasteiger partial charge in [-0.05, 0) is 42.3 Å². The molecule has 2 heterocycles. The van der Waals surface area contributed by atoms with Crippen molar-refractivity contribution in [3.05, 3.63) is 93.5 Å². The summed E-state index contributed by atoms with van der Waals surface area (Å²) in [5.74, 6) is -0.290. The second-order valence-electron chi connectivity index (χ2n) is 6.49. The number of aryl methyl sites for hydroxylation is 1. The number of halogens is 2. The van der Waals surface area contributed by atoms with Gasteiger partial charge in [-0.15, -0.1) is 0 Å². The molecule has 172 valence electrons. The largest absolute Gasteiger partial charge is 0.384 e. The average molecular weight is 446 g/mol. The topological polar surface area (TPSA) is 110 Å². The van der Waals surface area contributed by atoms with Gasteiger partial charge in [-0.3, -0.25) is 4.79 Å². The van der Waals surface area contributed by atoms with Crippen LogP contribution in [-0.2, 0) is 9.53 Å². The number of aldehydes is 1. The number of nitrogens with one attached hydrogen (secondary N) is 2. The van der Waals surface area contributed by atoms with Gasteiger partial charge in [-0.25, -0.2) is 13.8 Å². The van der Waals surface area contributed by atoms with E-state index in [4.69, 9.17) is 9.53 Å². The molecule has 2 aromatic heterocycles. The van der Waals surface area contributed by atoms with E-state index in [1.54, 1.807) is 45.5 Å². The first-order valence-corrected chi connectivity index (χ1v) is 9.73. The monoisotopic (exact) mass is 446 g/mol. The van der Waals surface area contributed by atoms with Crippen LogP contribution in [0.5, 0.6) is 0 Å². The summed E-state index contributed by atoms with van der Waals surface area (Å²) in [4.78, 5) is 27.5. The van der Waals surface area contributed by atoms with Crippen molar-refractivity contribution in [3.8, 4) is 0 Å². The Balaban J connectivity index is 0.000000350. The van der Waals surface area contributed by atoms with Gasteiger partial charge in [0.05, 0.1) is 6.61 Å². The minimum Gasteiger partial charge on any atom is -0.384 e. The van der Waals surface area contributed by atoms with Crippen molar-refractivity contribution in [2.45, 2.75) is 12.8 Å². The molecular weight excluding hydrogens is 418 g/mol. The van der Waals surface area contributed by atoms with Crippen LogP contribution < -0.4 is 16.6 Å². The molecule has 0 saturated heterocycles. The smallest absolute Gasteiger partial charge is 0.252 e. The second kappa shape index (κ2) is 14.6. The lowest BCUT2D eigenvalue weighted by Gasteiger charge is -2.16. The fourth-order valence-corrected chi connectivity index (χ4v) is 2.62. The highest BCUT2D eigenvalue weighted by molar-refractivity contribution is 5.51. The van der Waals surface area contributed by atoms with Crippen molar-refractivity contribution in [3.63, 3.8) is 0 Å². The van der Waals surface area contributed by atoms with Crippen molar-refractivity contribution in [2.24, 2.45) is 5.73 Å². The molecule has 3 aromatic rings. The van der Waals surface area contributed by atoms with E-state index in [2.05, 4.69) is 21.0 Å². The first-order valence-electron chi connectivity index (χ1n) is 9.73. The molecular formula is C23H28F2N4O3. The van der Waals surface area contributed by atoms with Crippen LogP contribution in [0.1, 0.15) is 22.6 Å². The molecule has 32 heavy (non-hydrogen) atoms. The Morgan fingerprint density at radius 2 is 1.94 bits per heavy atom. The van der Waals surface area contributed by atoms with Crippen LogP contribution in [-0.4, -0.2) is 43.6 Å². The van der Waals surface area contributed by atoms with Gasteiger partial charge in [0, 0.05) is 44.6 Å². The zero-order valence-corrected chi connectivity index (χ0v) is 18.3. The summed E-state index contributed by atoms with van der Waals surface area (Å²) in [6, 6.07) is 11.5. The molecule has 0 saturated carbocycles. The zero-order chi connectivity index (χ0) is 23.9. The van der Waals surface area contributed by atoms with E-state index in [1.165, 1.54) is 12.1 Å². The number of carbonyl (C=O) groups is 1. The Morgan fingerprint density at radius 3 is 2.47 bits per heavy atom. The van der Waals surface area contributed by atoms with Gasteiger partial charge in [0.15, 0.2) is 0 Å². The Bertz CT molecular complexity index is 1010. The molecule has 0 radical (unpaired) electrons. The highest BCUT2D eigenvalue weighted by Crippen LogP contribution is 2.24. The third-order valence-electron chi connectivity index (χ3n) is 4.22. The number of rotatable bonds is 6. The quantitative estimate of drug-likeness (QED) is 0.502. The number of hydrogen-bond acceptors (Lipinski definition) is 6. The number of carbonyl (C=O) groups excluding carboxylic acids is 1. The molecule has 0 spiro atoms. The van der Waals surface area contributed by atoms with Crippen molar-refractivity contribution < 1.29 is 18.3 Å². The fourth-order valence-electron chi connectivity index (χ4n) is 2.62. The van der Waals surface area contributed by atoms with Gasteiger partial charge >= 0.3 is 0 Å². The van der Waals surface area contributed by atoms with Crippen molar-refractivity contribution in [1.82, 2.24) is 9.97 Å². The molecule has 9 heteroatoms. The lowest BCUT2D eigenvalue weighted by Crippen LogP contribution is -2.20. The molecule has 1 atom stereocenters. The first-order chi connectivity index (χ1) is 15.4. The van der Waals surface area contributed by atoms with Crippen molar-refractivity contribution in [2.75, 3.05) is 32.6 Å². The lowest BCUT2D eigenvalue weighted by molar-refractivity contribution is -0.106. The number of ether oxygens (including phenoxy) is 1. The predicted octanol–water partition coefficient (Wildman–Crippen LogP) is 3.01. The van der Waals surface area contributed by atoms with E-state index in [-0.39, 0.29) is 30.4 Å². The second-order valence-corrected chi connectivity index (χ2v) is 6.49. The van der Waals surface area contributed by atoms with Gasteiger partial charge in [-0.2, -0.15) is 0 Å². The number of hydrogen-bond donors (Lipinski definition) is 3. The zero-order valence-electron chi connectivity index (χ0n) is 18.3. The third kappa shape index (κ3) is 8.75. The number of benzene rings is 1. The average Bonchev–Trinajstić information content (AvgIpc) is 2.82.